The van der Waals surface area contributed by atoms with E-state index in [9.17, 15) is 18.9 Å². The number of aromatic nitrogens is 4. The summed E-state index contributed by atoms with van der Waals surface area (Å²) in [7, 11) is -4.47. The molecule has 302 valence electrons. The largest absolute Gasteiger partial charge is 0.465 e. The molecule has 1 saturated heterocycles. The quantitative estimate of drug-likeness (QED) is 0.0207. The number of carbonyl (C=O) groups excluding carboxylic acids is 1. The number of nitrogens with two attached hydrogens (primary N) is 1. The minimum Gasteiger partial charge on any atom is -0.465 e. The number of unbranched alkanes of at least 4 members (excludes halogenated alkanes) is 11. The van der Waals surface area contributed by atoms with Gasteiger partial charge in [-0.05, 0) is 30.5 Å². The van der Waals surface area contributed by atoms with Gasteiger partial charge in [-0.15, -0.1) is 6.42 Å². The number of halogens is 1. The Hall–Kier alpha value is -4.38. The van der Waals surface area contributed by atoms with Gasteiger partial charge >= 0.3 is 19.8 Å². The lowest BCUT2D eigenvalue weighted by atomic mass is 9.99. The molecule has 5 atom stereocenters. The second-order valence-electron chi connectivity index (χ2n) is 14.2. The number of anilines is 1. The zero-order valence-electron chi connectivity index (χ0n) is 32.1. The van der Waals surface area contributed by atoms with Gasteiger partial charge in [-0.3, -0.25) is 13.9 Å². The topological polar surface area (TPSA) is 173 Å². The average Bonchev–Trinajstić information content (AvgIpc) is 3.77. The Bertz CT molecular complexity index is 1910. The molecule has 15 heteroatoms. The number of nitrogens with one attached hydrogen (secondary N) is 1. The van der Waals surface area contributed by atoms with Crippen LogP contribution in [0.5, 0.6) is 5.75 Å². The molecule has 4 aromatic rings. The highest BCUT2D eigenvalue weighted by atomic mass is 31.2. The van der Waals surface area contributed by atoms with E-state index in [4.69, 9.17) is 30.7 Å². The van der Waals surface area contributed by atoms with Crippen LogP contribution in [0, 0.1) is 18.4 Å². The first kappa shape index (κ1) is 42.8. The zero-order chi connectivity index (χ0) is 39.8. The lowest BCUT2D eigenvalue weighted by molar-refractivity contribution is -0.146. The fourth-order valence-electron chi connectivity index (χ4n) is 6.67. The molecule has 3 heterocycles. The van der Waals surface area contributed by atoms with Crippen molar-refractivity contribution in [3.8, 4) is 18.1 Å². The van der Waals surface area contributed by atoms with Crippen molar-refractivity contribution in [2.75, 3.05) is 18.9 Å². The average molecular weight is 793 g/mol. The molecule has 0 bridgehead atoms. The Kier molecular flexibility index (Phi) is 16.2. The van der Waals surface area contributed by atoms with Crippen LogP contribution >= 0.6 is 7.75 Å². The molecule has 1 fully saturated rings. The molecule has 1 aliphatic rings. The lowest BCUT2D eigenvalue weighted by Crippen LogP contribution is -2.44. The molecule has 4 N–H and O–H groups in total. The maximum atomic E-state index is 14.7. The van der Waals surface area contributed by atoms with Crippen LogP contribution in [0.25, 0.3) is 11.2 Å². The van der Waals surface area contributed by atoms with Crippen molar-refractivity contribution in [2.45, 2.75) is 121 Å². The van der Waals surface area contributed by atoms with Crippen LogP contribution in [0.1, 0.15) is 102 Å². The van der Waals surface area contributed by atoms with Gasteiger partial charge in [0.05, 0.1) is 12.9 Å². The number of benzene rings is 2. The first-order valence-electron chi connectivity index (χ1n) is 19.6. The fourth-order valence-corrected chi connectivity index (χ4v) is 8.19. The Morgan fingerprint density at radius 3 is 2.30 bits per heavy atom. The van der Waals surface area contributed by atoms with Crippen LogP contribution in [0.15, 0.2) is 67.0 Å². The fraction of sp³-hybridized carbons (Fsp3) is 0.512. The van der Waals surface area contributed by atoms with Gasteiger partial charge < -0.3 is 24.8 Å². The van der Waals surface area contributed by atoms with Gasteiger partial charge in [-0.2, -0.15) is 19.4 Å². The number of fused-ring (bicyclic) bond motifs is 1. The molecule has 5 rings (SSSR count). The van der Waals surface area contributed by atoms with Gasteiger partial charge in [0.15, 0.2) is 22.6 Å². The van der Waals surface area contributed by atoms with Crippen LogP contribution < -0.4 is 15.3 Å². The summed E-state index contributed by atoms with van der Waals surface area (Å²) in [5.41, 5.74) is 4.93. The minimum atomic E-state index is -4.47. The van der Waals surface area contributed by atoms with E-state index in [1.54, 1.807) is 30.3 Å². The predicted molar refractivity (Wildman–Crippen MR) is 212 cm³/mol. The number of carbonyl (C=O) groups is 1. The Balaban J connectivity index is 1.24. The molecule has 0 radical (unpaired) electrons. The van der Waals surface area contributed by atoms with Crippen molar-refractivity contribution in [1.29, 1.82) is 0 Å². The number of nitrogens with zero attached hydrogens (tertiary/aromatic N) is 4. The molecule has 13 nitrogen and oxygen atoms in total. The summed E-state index contributed by atoms with van der Waals surface area (Å²) in [6.45, 7) is 1.82. The van der Waals surface area contributed by atoms with Gasteiger partial charge in [0.25, 0.3) is 0 Å². The third-order valence-corrected chi connectivity index (χ3v) is 11.4. The molecule has 0 spiro atoms. The number of hydrogen-bond acceptors (Lipinski definition) is 11. The summed E-state index contributed by atoms with van der Waals surface area (Å²) >= 11 is 0. The van der Waals surface area contributed by atoms with Crippen molar-refractivity contribution < 1.29 is 37.4 Å². The lowest BCUT2D eigenvalue weighted by Gasteiger charge is -2.30. The predicted octanol–water partition coefficient (Wildman–Crippen LogP) is 7.85. The number of aliphatic hydroxyl groups is 1. The Morgan fingerprint density at radius 1 is 1.04 bits per heavy atom. The minimum absolute atomic E-state index is 0.0338. The zero-order valence-corrected chi connectivity index (χ0v) is 33.0. The summed E-state index contributed by atoms with van der Waals surface area (Å²) in [5, 5.41) is 14.1. The number of nitrogen functional groups attached to an aromatic ring is 1. The van der Waals surface area contributed by atoms with Crippen LogP contribution in [-0.2, 0) is 29.8 Å². The van der Waals surface area contributed by atoms with Crippen molar-refractivity contribution >= 4 is 30.7 Å². The highest BCUT2D eigenvalue weighted by Crippen LogP contribution is 2.48. The molecule has 0 aliphatic carbocycles. The molecular weight excluding hydrogens is 738 g/mol. The van der Waals surface area contributed by atoms with Gasteiger partial charge in [0.1, 0.15) is 30.7 Å². The molecule has 0 amide bonds. The number of para-hydroxylation sites is 1. The standard InChI is InChI=1S/C41H54FN6O7P/c1-3-5-6-7-8-9-10-11-12-13-14-21-26-52-39(50)33(27-31-22-17-15-18-23-31)47-56(51,55-32-24-19-16-20-25-32)53-29-41(4-2)34(49)28-35(54-41)48-30-44-36-37(43)45-40(42)46-38(36)48/h2,15-20,22-25,30,33-35,49H,3,5-14,21,26-29H2,1H3,(H,47,51)(H2,43,45,46)/t33-,34-,35+,41+,56-/m0/s1. The number of imidazole rings is 1. The van der Waals surface area contributed by atoms with Crippen LogP contribution in [0.2, 0.25) is 0 Å². The molecule has 0 saturated carbocycles. The van der Waals surface area contributed by atoms with Gasteiger partial charge in [-0.25, -0.2) is 9.55 Å². The third-order valence-electron chi connectivity index (χ3n) is 9.83. The number of esters is 1. The Morgan fingerprint density at radius 2 is 1.66 bits per heavy atom. The van der Waals surface area contributed by atoms with E-state index in [-0.39, 0.29) is 42.2 Å². The first-order valence-corrected chi connectivity index (χ1v) is 21.2. The summed E-state index contributed by atoms with van der Waals surface area (Å²) in [5.74, 6) is 1.85. The number of aliphatic hydroxyl groups excluding tert-OH is 1. The van der Waals surface area contributed by atoms with Crippen molar-refractivity contribution in [3.05, 3.63) is 78.6 Å². The number of rotatable bonds is 24. The smallest absolute Gasteiger partial charge is 0.459 e. The second-order valence-corrected chi connectivity index (χ2v) is 15.9. The Labute approximate surface area is 328 Å². The third kappa shape index (κ3) is 12.1. The maximum absolute atomic E-state index is 14.7. The maximum Gasteiger partial charge on any atom is 0.459 e. The number of terminal acetylenes is 1. The van der Waals surface area contributed by atoms with Crippen LogP contribution in [-0.4, -0.2) is 61.6 Å². The van der Waals surface area contributed by atoms with Crippen molar-refractivity contribution in [1.82, 2.24) is 24.6 Å². The summed E-state index contributed by atoms with van der Waals surface area (Å²) in [4.78, 5) is 25.1. The van der Waals surface area contributed by atoms with E-state index in [0.29, 0.717) is 6.42 Å². The summed E-state index contributed by atoms with van der Waals surface area (Å²) < 4.78 is 54.0. The van der Waals surface area contributed by atoms with Crippen molar-refractivity contribution in [2.24, 2.45) is 0 Å². The second kappa shape index (κ2) is 21.2. The van der Waals surface area contributed by atoms with E-state index < -0.39 is 50.4 Å². The first-order chi connectivity index (χ1) is 27.1. The molecule has 0 unspecified atom stereocenters. The molecular formula is C41H54FN6O7P. The molecule has 2 aromatic heterocycles. The van der Waals surface area contributed by atoms with Crippen LogP contribution in [0.4, 0.5) is 10.2 Å². The molecule has 1 aliphatic heterocycles. The van der Waals surface area contributed by atoms with Gasteiger partial charge in [0.2, 0.25) is 0 Å². The highest BCUT2D eigenvalue weighted by molar-refractivity contribution is 7.52. The number of ether oxygens (including phenoxy) is 2. The highest BCUT2D eigenvalue weighted by Gasteiger charge is 2.50. The molecule has 2 aromatic carbocycles. The monoisotopic (exact) mass is 792 g/mol. The van der Waals surface area contributed by atoms with E-state index in [1.807, 2.05) is 30.3 Å². The SMILES string of the molecule is C#C[C@]1(CO[P@@](=O)(N[C@@H](Cc2ccccc2)C(=O)OCCCCCCCCCCCCCC)Oc2ccccc2)O[C@@H](n2cnc3c(N)nc(F)nc32)C[C@@H]1O. The van der Waals surface area contributed by atoms with E-state index in [2.05, 4.69) is 32.9 Å². The summed E-state index contributed by atoms with van der Waals surface area (Å²) in [6.07, 6.45) is 18.0. The van der Waals surface area contributed by atoms with E-state index >= 15 is 0 Å². The van der Waals surface area contributed by atoms with Gasteiger partial charge in [-0.1, -0.05) is 132 Å². The summed E-state index contributed by atoms with van der Waals surface area (Å²) in [6, 6.07) is 16.4. The van der Waals surface area contributed by atoms with E-state index in [1.165, 1.54) is 62.3 Å². The van der Waals surface area contributed by atoms with Crippen LogP contribution in [0.3, 0.4) is 0 Å². The number of hydrogen-bond donors (Lipinski definition) is 3. The molecule has 56 heavy (non-hydrogen) atoms. The van der Waals surface area contributed by atoms with E-state index in [0.717, 1.165) is 24.8 Å². The van der Waals surface area contributed by atoms with Gasteiger partial charge in [0, 0.05) is 6.42 Å². The normalized spacial score (nSPS) is 19.7. The van der Waals surface area contributed by atoms with Crippen molar-refractivity contribution in [3.63, 3.8) is 0 Å².